The molecule has 0 aliphatic heterocycles. The number of hydrogen-bond acceptors (Lipinski definition) is 2. The van der Waals surface area contributed by atoms with E-state index in [1.807, 2.05) is 36.5 Å². The molecule has 0 aliphatic rings. The molecule has 0 N–H and O–H groups in total. The first-order valence-corrected chi connectivity index (χ1v) is 8.40. The second kappa shape index (κ2) is 5.45. The summed E-state index contributed by atoms with van der Waals surface area (Å²) in [7, 11) is 0. The van der Waals surface area contributed by atoms with Crippen LogP contribution in [0, 0.1) is 0 Å². The van der Waals surface area contributed by atoms with Crippen LogP contribution < -0.4 is 0 Å². The van der Waals surface area contributed by atoms with Crippen molar-refractivity contribution < 1.29 is 0 Å². The summed E-state index contributed by atoms with van der Waals surface area (Å²) in [6.07, 6.45) is 1.87. The third-order valence-electron chi connectivity index (χ3n) is 3.60. The maximum absolute atomic E-state index is 4.73. The van der Waals surface area contributed by atoms with E-state index in [0.29, 0.717) is 0 Å². The van der Waals surface area contributed by atoms with E-state index in [4.69, 9.17) is 4.98 Å². The molecule has 0 bridgehead atoms. The van der Waals surface area contributed by atoms with Crippen molar-refractivity contribution in [2.75, 3.05) is 0 Å². The van der Waals surface area contributed by atoms with Crippen molar-refractivity contribution in [3.05, 3.63) is 69.7 Å². The molecule has 0 atom stereocenters. The molecule has 0 fully saturated rings. The van der Waals surface area contributed by atoms with Gasteiger partial charge in [0, 0.05) is 31.5 Å². The van der Waals surface area contributed by atoms with Crippen LogP contribution in [0.4, 0.5) is 0 Å². The van der Waals surface area contributed by atoms with Crippen LogP contribution >= 0.6 is 31.9 Å². The molecule has 4 rings (SSSR count). The zero-order valence-electron chi connectivity index (χ0n) is 11.4. The monoisotopic (exact) mass is 412 g/mol. The lowest BCUT2D eigenvalue weighted by molar-refractivity contribution is 1.35. The molecule has 22 heavy (non-hydrogen) atoms. The zero-order valence-corrected chi connectivity index (χ0v) is 14.6. The first-order chi connectivity index (χ1) is 10.7. The van der Waals surface area contributed by atoms with Crippen molar-refractivity contribution >= 4 is 53.7 Å². The molecule has 0 radical (unpaired) electrons. The van der Waals surface area contributed by atoms with Gasteiger partial charge in [0.1, 0.15) is 0 Å². The maximum atomic E-state index is 4.73. The average Bonchev–Trinajstić information content (AvgIpc) is 2.53. The Morgan fingerprint density at radius 1 is 0.818 bits per heavy atom. The summed E-state index contributed by atoms with van der Waals surface area (Å²) >= 11 is 7.08. The van der Waals surface area contributed by atoms with Gasteiger partial charge < -0.3 is 0 Å². The summed E-state index contributed by atoms with van der Waals surface area (Å²) in [5.41, 5.74) is 3.90. The van der Waals surface area contributed by atoms with Crippen LogP contribution in [0.1, 0.15) is 0 Å². The van der Waals surface area contributed by atoms with E-state index in [1.54, 1.807) is 0 Å². The molecule has 2 aromatic heterocycles. The first kappa shape index (κ1) is 13.9. The molecule has 106 valence electrons. The van der Waals surface area contributed by atoms with Crippen molar-refractivity contribution in [1.29, 1.82) is 0 Å². The number of halogens is 2. The number of pyridine rings is 2. The molecule has 2 heterocycles. The molecule has 0 spiro atoms. The van der Waals surface area contributed by atoms with Crippen LogP contribution in [-0.2, 0) is 0 Å². The van der Waals surface area contributed by atoms with E-state index in [0.717, 1.165) is 42.0 Å². The Morgan fingerprint density at radius 2 is 1.68 bits per heavy atom. The van der Waals surface area contributed by atoms with Crippen LogP contribution in [0.3, 0.4) is 0 Å². The largest absolute Gasteiger partial charge is 0.254 e. The molecule has 0 saturated carbocycles. The molecule has 0 unspecified atom stereocenters. The highest BCUT2D eigenvalue weighted by atomic mass is 79.9. The summed E-state index contributed by atoms with van der Waals surface area (Å²) in [6, 6.07) is 18.5. The average molecular weight is 414 g/mol. The minimum absolute atomic E-state index is 0.934. The van der Waals surface area contributed by atoms with Gasteiger partial charge in [-0.1, -0.05) is 40.2 Å². The Morgan fingerprint density at radius 3 is 2.59 bits per heavy atom. The van der Waals surface area contributed by atoms with E-state index in [-0.39, 0.29) is 0 Å². The van der Waals surface area contributed by atoms with Gasteiger partial charge in [-0.05, 0) is 46.3 Å². The van der Waals surface area contributed by atoms with Gasteiger partial charge in [-0.15, -0.1) is 0 Å². The second-order valence-electron chi connectivity index (χ2n) is 5.07. The van der Waals surface area contributed by atoms with Crippen molar-refractivity contribution in [2.45, 2.75) is 0 Å². The zero-order chi connectivity index (χ0) is 15.1. The lowest BCUT2D eigenvalue weighted by atomic mass is 10.1. The summed E-state index contributed by atoms with van der Waals surface area (Å²) in [4.78, 5) is 9.30. The van der Waals surface area contributed by atoms with Crippen LogP contribution in [0.15, 0.2) is 69.7 Å². The topological polar surface area (TPSA) is 25.8 Å². The number of para-hydroxylation sites is 1. The SMILES string of the molecule is Brc1cc(Br)c2ncc(-c3ccc4ccccc4n3)cc2c1. The van der Waals surface area contributed by atoms with Gasteiger partial charge in [-0.3, -0.25) is 4.98 Å². The maximum Gasteiger partial charge on any atom is 0.0845 e. The Kier molecular flexibility index (Phi) is 3.43. The van der Waals surface area contributed by atoms with E-state index in [2.05, 4.69) is 61.1 Å². The molecular formula is C18H10Br2N2. The predicted molar refractivity (Wildman–Crippen MR) is 97.9 cm³/mol. The smallest absolute Gasteiger partial charge is 0.0845 e. The normalized spacial score (nSPS) is 11.2. The molecule has 2 aromatic carbocycles. The number of nitrogens with zero attached hydrogens (tertiary/aromatic N) is 2. The Hall–Kier alpha value is -1.78. The number of fused-ring (bicyclic) bond motifs is 2. The molecular weight excluding hydrogens is 404 g/mol. The number of benzene rings is 2. The van der Waals surface area contributed by atoms with Gasteiger partial charge in [-0.2, -0.15) is 0 Å². The molecule has 0 amide bonds. The molecule has 4 heteroatoms. The van der Waals surface area contributed by atoms with Crippen LogP contribution in [-0.4, -0.2) is 9.97 Å². The summed E-state index contributed by atoms with van der Waals surface area (Å²) in [5, 5.41) is 2.22. The predicted octanol–water partition coefficient (Wildman–Crippen LogP) is 5.98. The number of hydrogen-bond donors (Lipinski definition) is 0. The number of aromatic nitrogens is 2. The van der Waals surface area contributed by atoms with Gasteiger partial charge in [0.2, 0.25) is 0 Å². The molecule has 0 saturated heterocycles. The van der Waals surface area contributed by atoms with Crippen LogP contribution in [0.2, 0.25) is 0 Å². The van der Waals surface area contributed by atoms with Gasteiger partial charge in [0.25, 0.3) is 0 Å². The van der Waals surface area contributed by atoms with Crippen molar-refractivity contribution in [3.63, 3.8) is 0 Å². The highest BCUT2D eigenvalue weighted by molar-refractivity contribution is 9.11. The van der Waals surface area contributed by atoms with E-state index in [9.17, 15) is 0 Å². The van der Waals surface area contributed by atoms with E-state index >= 15 is 0 Å². The summed E-state index contributed by atoms with van der Waals surface area (Å²) < 4.78 is 2.01. The summed E-state index contributed by atoms with van der Waals surface area (Å²) in [6.45, 7) is 0. The Bertz CT molecular complexity index is 1010. The number of rotatable bonds is 1. The minimum atomic E-state index is 0.934. The first-order valence-electron chi connectivity index (χ1n) is 6.82. The molecule has 4 aromatic rings. The van der Waals surface area contributed by atoms with E-state index in [1.165, 1.54) is 0 Å². The Balaban J connectivity index is 1.92. The fourth-order valence-electron chi connectivity index (χ4n) is 2.54. The highest BCUT2D eigenvalue weighted by Crippen LogP contribution is 2.30. The highest BCUT2D eigenvalue weighted by Gasteiger charge is 2.07. The summed E-state index contributed by atoms with van der Waals surface area (Å²) in [5.74, 6) is 0. The minimum Gasteiger partial charge on any atom is -0.254 e. The third-order valence-corrected chi connectivity index (χ3v) is 4.66. The fraction of sp³-hybridized carbons (Fsp3) is 0. The van der Waals surface area contributed by atoms with Crippen molar-refractivity contribution in [2.24, 2.45) is 0 Å². The van der Waals surface area contributed by atoms with Crippen molar-refractivity contribution in [3.8, 4) is 11.3 Å². The van der Waals surface area contributed by atoms with Crippen LogP contribution in [0.5, 0.6) is 0 Å². The van der Waals surface area contributed by atoms with Gasteiger partial charge in [0.05, 0.1) is 16.7 Å². The van der Waals surface area contributed by atoms with Crippen molar-refractivity contribution in [1.82, 2.24) is 9.97 Å². The van der Waals surface area contributed by atoms with Gasteiger partial charge in [-0.25, -0.2) is 4.98 Å². The molecule has 0 aliphatic carbocycles. The quantitative estimate of drug-likeness (QED) is 0.383. The van der Waals surface area contributed by atoms with Gasteiger partial charge in [0.15, 0.2) is 0 Å². The van der Waals surface area contributed by atoms with E-state index < -0.39 is 0 Å². The lowest BCUT2D eigenvalue weighted by Crippen LogP contribution is -1.88. The van der Waals surface area contributed by atoms with Crippen LogP contribution in [0.25, 0.3) is 33.1 Å². The standard InChI is InChI=1S/C18H10Br2N2/c19-14-8-12-7-13(10-21-18(12)15(20)9-14)17-6-5-11-3-1-2-4-16(11)22-17/h1-10H. The molecule has 2 nitrogen and oxygen atoms in total. The van der Waals surface area contributed by atoms with Gasteiger partial charge >= 0.3 is 0 Å². The lowest BCUT2D eigenvalue weighted by Gasteiger charge is -2.06. The Labute approximate surface area is 144 Å². The second-order valence-corrected chi connectivity index (χ2v) is 6.84. The fourth-order valence-corrected chi connectivity index (χ4v) is 3.90. The third kappa shape index (κ3) is 2.42.